The number of imidazole rings is 1. The lowest BCUT2D eigenvalue weighted by Gasteiger charge is -2.19. The normalized spacial score (nSPS) is 15.7. The molecule has 4 nitrogen and oxygen atoms in total. The van der Waals surface area contributed by atoms with Gasteiger partial charge in [0.15, 0.2) is 0 Å². The maximum atomic E-state index is 12.0. The lowest BCUT2D eigenvalue weighted by atomic mass is 9.89. The van der Waals surface area contributed by atoms with Crippen molar-refractivity contribution in [3.05, 3.63) is 42.2 Å². The Balaban J connectivity index is 1.33. The molecule has 25 heavy (non-hydrogen) atoms. The van der Waals surface area contributed by atoms with Gasteiger partial charge in [0.1, 0.15) is 5.82 Å². The zero-order chi connectivity index (χ0) is 17.1. The van der Waals surface area contributed by atoms with Crippen LogP contribution >= 0.6 is 0 Å². The van der Waals surface area contributed by atoms with Crippen LogP contribution in [0, 0.1) is 5.92 Å². The molecule has 0 aliphatic heterocycles. The number of aromatic nitrogens is 2. The highest BCUT2D eigenvalue weighted by atomic mass is 16.5. The molecule has 2 aromatic carbocycles. The molecular weight excluding hydrogens is 312 g/mol. The molecule has 1 aliphatic carbocycles. The Labute approximate surface area is 147 Å². The summed E-state index contributed by atoms with van der Waals surface area (Å²) in [6, 6.07) is 12.6. The Morgan fingerprint density at radius 2 is 1.88 bits per heavy atom. The van der Waals surface area contributed by atoms with Gasteiger partial charge in [0.2, 0.25) is 0 Å². The van der Waals surface area contributed by atoms with Crippen LogP contribution in [-0.4, -0.2) is 22.5 Å². The summed E-state index contributed by atoms with van der Waals surface area (Å²) in [5.74, 6) is 1.09. The van der Waals surface area contributed by atoms with Crippen LogP contribution in [-0.2, 0) is 16.0 Å². The summed E-state index contributed by atoms with van der Waals surface area (Å²) in [5, 5.41) is 2.42. The highest BCUT2D eigenvalue weighted by Crippen LogP contribution is 2.25. The highest BCUT2D eigenvalue weighted by molar-refractivity contribution is 5.95. The Morgan fingerprint density at radius 1 is 1.12 bits per heavy atom. The number of hydrogen-bond acceptors (Lipinski definition) is 3. The SMILES string of the molecule is O=C(OCCCc1nc2cc3ccccc3cc2[nH]1)C1CCCCC1. The first-order chi connectivity index (χ1) is 12.3. The number of carbonyl (C=O) groups excluding carboxylic acids is 1. The first-order valence-corrected chi connectivity index (χ1v) is 9.33. The second-order valence-corrected chi connectivity index (χ2v) is 7.01. The number of benzene rings is 2. The zero-order valence-corrected chi connectivity index (χ0v) is 14.5. The standard InChI is InChI=1S/C21H24N2O2/c24-21(15-7-2-1-3-8-15)25-12-6-11-20-22-18-13-16-9-4-5-10-17(16)14-19(18)23-20/h4-5,9-10,13-15H,1-3,6-8,11-12H2,(H,22,23). The molecule has 0 bridgehead atoms. The molecule has 0 radical (unpaired) electrons. The number of ether oxygens (including phenoxy) is 1. The van der Waals surface area contributed by atoms with Crippen LogP contribution < -0.4 is 0 Å². The number of esters is 1. The van der Waals surface area contributed by atoms with Gasteiger partial charge < -0.3 is 9.72 Å². The molecule has 1 fully saturated rings. The fourth-order valence-electron chi connectivity index (χ4n) is 3.74. The zero-order valence-electron chi connectivity index (χ0n) is 14.5. The van der Waals surface area contributed by atoms with Gasteiger partial charge in [-0.15, -0.1) is 0 Å². The first-order valence-electron chi connectivity index (χ1n) is 9.33. The van der Waals surface area contributed by atoms with Crippen molar-refractivity contribution in [3.63, 3.8) is 0 Å². The predicted octanol–water partition coefficient (Wildman–Crippen LogP) is 4.77. The molecule has 1 heterocycles. The molecule has 0 spiro atoms. The van der Waals surface area contributed by atoms with E-state index >= 15 is 0 Å². The van der Waals surface area contributed by atoms with E-state index < -0.39 is 0 Å². The van der Waals surface area contributed by atoms with Gasteiger partial charge in [0, 0.05) is 6.42 Å². The molecule has 1 saturated carbocycles. The van der Waals surface area contributed by atoms with Gasteiger partial charge in [-0.25, -0.2) is 4.98 Å². The number of aryl methyl sites for hydroxylation is 1. The van der Waals surface area contributed by atoms with Crippen LogP contribution in [0.5, 0.6) is 0 Å². The molecular formula is C21H24N2O2. The van der Waals surface area contributed by atoms with Gasteiger partial charge in [0.25, 0.3) is 0 Å². The van der Waals surface area contributed by atoms with Crippen molar-refractivity contribution >= 4 is 27.8 Å². The molecule has 130 valence electrons. The van der Waals surface area contributed by atoms with Crippen LogP contribution in [0.4, 0.5) is 0 Å². The van der Waals surface area contributed by atoms with E-state index in [4.69, 9.17) is 4.74 Å². The van der Waals surface area contributed by atoms with Crippen LogP contribution in [0.15, 0.2) is 36.4 Å². The van der Waals surface area contributed by atoms with Gasteiger partial charge in [-0.05, 0) is 42.2 Å². The summed E-state index contributed by atoms with van der Waals surface area (Å²) in [6.07, 6.45) is 7.16. The van der Waals surface area contributed by atoms with Crippen molar-refractivity contribution in [1.82, 2.24) is 9.97 Å². The minimum absolute atomic E-state index is 0.00412. The molecule has 0 amide bonds. The number of hydrogen-bond donors (Lipinski definition) is 1. The average Bonchev–Trinajstić information content (AvgIpc) is 3.05. The summed E-state index contributed by atoms with van der Waals surface area (Å²) in [4.78, 5) is 20.1. The molecule has 0 saturated heterocycles. The third kappa shape index (κ3) is 3.68. The molecule has 0 atom stereocenters. The molecule has 4 heteroatoms. The predicted molar refractivity (Wildman–Crippen MR) is 99.5 cm³/mol. The maximum Gasteiger partial charge on any atom is 0.308 e. The van der Waals surface area contributed by atoms with Gasteiger partial charge in [-0.1, -0.05) is 43.5 Å². The monoisotopic (exact) mass is 336 g/mol. The van der Waals surface area contributed by atoms with Crippen molar-refractivity contribution < 1.29 is 9.53 Å². The van der Waals surface area contributed by atoms with Gasteiger partial charge in [-0.2, -0.15) is 0 Å². The van der Waals surface area contributed by atoms with E-state index in [9.17, 15) is 4.79 Å². The number of carbonyl (C=O) groups is 1. The third-order valence-electron chi connectivity index (χ3n) is 5.14. The first kappa shape index (κ1) is 16.1. The lowest BCUT2D eigenvalue weighted by molar-refractivity contribution is -0.149. The van der Waals surface area contributed by atoms with Gasteiger partial charge in [0.05, 0.1) is 23.6 Å². The second kappa shape index (κ2) is 7.26. The smallest absolute Gasteiger partial charge is 0.308 e. The Morgan fingerprint density at radius 3 is 2.68 bits per heavy atom. The molecule has 4 rings (SSSR count). The number of H-pyrrole nitrogens is 1. The van der Waals surface area contributed by atoms with Crippen molar-refractivity contribution in [3.8, 4) is 0 Å². The minimum Gasteiger partial charge on any atom is -0.465 e. The van der Waals surface area contributed by atoms with Crippen LogP contribution in [0.2, 0.25) is 0 Å². The van der Waals surface area contributed by atoms with Crippen molar-refractivity contribution in [2.75, 3.05) is 6.61 Å². The summed E-state index contributed by atoms with van der Waals surface area (Å²) in [5.41, 5.74) is 2.06. The van der Waals surface area contributed by atoms with Crippen molar-refractivity contribution in [1.29, 1.82) is 0 Å². The Bertz CT molecular complexity index is 825. The molecule has 1 aliphatic rings. The summed E-state index contributed by atoms with van der Waals surface area (Å²) < 4.78 is 5.46. The van der Waals surface area contributed by atoms with Crippen molar-refractivity contribution in [2.24, 2.45) is 5.92 Å². The van der Waals surface area contributed by atoms with Crippen LogP contribution in [0.1, 0.15) is 44.3 Å². The second-order valence-electron chi connectivity index (χ2n) is 7.01. The summed E-state index contributed by atoms with van der Waals surface area (Å²) in [6.45, 7) is 0.481. The molecule has 1 aromatic heterocycles. The van der Waals surface area contributed by atoms with E-state index in [1.807, 2.05) is 12.1 Å². The van der Waals surface area contributed by atoms with Crippen molar-refractivity contribution in [2.45, 2.75) is 44.9 Å². The molecule has 0 unspecified atom stereocenters. The fraction of sp³-hybridized carbons (Fsp3) is 0.429. The number of nitrogens with zero attached hydrogens (tertiary/aromatic N) is 1. The quantitative estimate of drug-likeness (QED) is 0.539. The molecule has 3 aromatic rings. The van der Waals surface area contributed by atoms with Gasteiger partial charge in [-0.3, -0.25) is 4.79 Å². The number of rotatable bonds is 5. The van der Waals surface area contributed by atoms with Crippen LogP contribution in [0.25, 0.3) is 21.8 Å². The van der Waals surface area contributed by atoms with E-state index in [2.05, 4.69) is 34.2 Å². The number of nitrogens with one attached hydrogen (secondary N) is 1. The number of fused-ring (bicyclic) bond motifs is 2. The average molecular weight is 336 g/mol. The summed E-state index contributed by atoms with van der Waals surface area (Å²) >= 11 is 0. The summed E-state index contributed by atoms with van der Waals surface area (Å²) in [7, 11) is 0. The van der Waals surface area contributed by atoms with E-state index in [1.54, 1.807) is 0 Å². The minimum atomic E-state index is -0.00412. The van der Waals surface area contributed by atoms with E-state index in [-0.39, 0.29) is 11.9 Å². The third-order valence-corrected chi connectivity index (χ3v) is 5.14. The highest BCUT2D eigenvalue weighted by Gasteiger charge is 2.22. The van der Waals surface area contributed by atoms with Gasteiger partial charge >= 0.3 is 5.97 Å². The largest absolute Gasteiger partial charge is 0.465 e. The number of aromatic amines is 1. The maximum absolute atomic E-state index is 12.0. The molecule has 1 N–H and O–H groups in total. The topological polar surface area (TPSA) is 55.0 Å². The van der Waals surface area contributed by atoms with E-state index in [0.29, 0.717) is 6.61 Å². The Kier molecular flexibility index (Phi) is 4.68. The van der Waals surface area contributed by atoms with E-state index in [1.165, 1.54) is 17.2 Å². The fourth-order valence-corrected chi connectivity index (χ4v) is 3.74. The lowest BCUT2D eigenvalue weighted by Crippen LogP contribution is -2.20. The van der Waals surface area contributed by atoms with Crippen LogP contribution in [0.3, 0.4) is 0 Å². The van der Waals surface area contributed by atoms with E-state index in [0.717, 1.165) is 55.4 Å². The Hall–Kier alpha value is -2.36.